The number of rotatable bonds is 8. The minimum absolute atomic E-state index is 0.607. The highest BCUT2D eigenvalue weighted by molar-refractivity contribution is 9.10. The van der Waals surface area contributed by atoms with E-state index in [0.717, 1.165) is 29.6 Å². The Morgan fingerprint density at radius 1 is 1.37 bits per heavy atom. The van der Waals surface area contributed by atoms with Crippen LogP contribution in [0.5, 0.6) is 5.75 Å². The number of hydrogen-bond donors (Lipinski definition) is 1. The van der Waals surface area contributed by atoms with Crippen LogP contribution in [0.25, 0.3) is 0 Å². The summed E-state index contributed by atoms with van der Waals surface area (Å²) in [6.45, 7) is 1.53. The van der Waals surface area contributed by atoms with Gasteiger partial charge in [-0.15, -0.1) is 0 Å². The Morgan fingerprint density at radius 3 is 2.95 bits per heavy atom. The van der Waals surface area contributed by atoms with Crippen LogP contribution in [0.3, 0.4) is 0 Å². The topological polar surface area (TPSA) is 45.0 Å². The van der Waals surface area contributed by atoms with Gasteiger partial charge in [0, 0.05) is 24.6 Å². The van der Waals surface area contributed by atoms with Gasteiger partial charge in [0.1, 0.15) is 5.75 Å². The molecule has 1 aliphatic carbocycles. The Balaban J connectivity index is 1.86. The standard InChI is InChI=1S/C15H19BrN2O/c16-14-6-4-5-12(11-18-13-7-8-13)15(14)19-10-3-1-2-9-17/h4-6,13,18H,1-3,7-8,10-11H2. The number of nitrogens with zero attached hydrogens (tertiary/aromatic N) is 1. The molecule has 1 aromatic carbocycles. The molecule has 102 valence electrons. The predicted molar refractivity (Wildman–Crippen MR) is 79.0 cm³/mol. The van der Waals surface area contributed by atoms with Crippen molar-refractivity contribution in [2.24, 2.45) is 0 Å². The molecule has 0 bridgehead atoms. The van der Waals surface area contributed by atoms with Crippen molar-refractivity contribution in [1.82, 2.24) is 5.32 Å². The summed E-state index contributed by atoms with van der Waals surface area (Å²) in [6.07, 6.45) is 5.01. The number of ether oxygens (including phenoxy) is 1. The van der Waals surface area contributed by atoms with E-state index < -0.39 is 0 Å². The Kier molecular flexibility index (Phi) is 5.68. The molecule has 1 N–H and O–H groups in total. The van der Waals surface area contributed by atoms with Crippen LogP contribution in [0, 0.1) is 11.3 Å². The number of nitrogens with one attached hydrogen (secondary N) is 1. The molecule has 1 aromatic rings. The van der Waals surface area contributed by atoms with Crippen molar-refractivity contribution in [3.8, 4) is 11.8 Å². The van der Waals surface area contributed by atoms with E-state index in [-0.39, 0.29) is 0 Å². The summed E-state index contributed by atoms with van der Waals surface area (Å²) in [5, 5.41) is 12.0. The number of para-hydroxylation sites is 1. The maximum atomic E-state index is 8.49. The molecule has 1 saturated carbocycles. The number of unbranched alkanes of at least 4 members (excludes halogenated alkanes) is 2. The molecule has 0 saturated heterocycles. The summed E-state index contributed by atoms with van der Waals surface area (Å²) < 4.78 is 6.87. The van der Waals surface area contributed by atoms with E-state index >= 15 is 0 Å². The smallest absolute Gasteiger partial charge is 0.137 e. The maximum Gasteiger partial charge on any atom is 0.137 e. The average molecular weight is 323 g/mol. The van der Waals surface area contributed by atoms with Crippen molar-refractivity contribution >= 4 is 15.9 Å². The summed E-state index contributed by atoms with van der Waals surface area (Å²) >= 11 is 3.55. The molecule has 4 heteroatoms. The second-order valence-corrected chi connectivity index (χ2v) is 5.70. The SMILES string of the molecule is N#CCCCCOc1c(Br)cccc1CNC1CC1. The summed E-state index contributed by atoms with van der Waals surface area (Å²) in [6, 6.07) is 9.00. The van der Waals surface area contributed by atoms with Crippen LogP contribution in [0.2, 0.25) is 0 Å². The van der Waals surface area contributed by atoms with Crippen LogP contribution in [-0.2, 0) is 6.54 Å². The van der Waals surface area contributed by atoms with E-state index in [4.69, 9.17) is 10.00 Å². The van der Waals surface area contributed by atoms with Gasteiger partial charge in [0.15, 0.2) is 0 Å². The molecule has 1 fully saturated rings. The Bertz CT molecular complexity index is 452. The third-order valence-corrected chi connectivity index (χ3v) is 3.76. The maximum absolute atomic E-state index is 8.49. The normalized spacial score (nSPS) is 14.1. The van der Waals surface area contributed by atoms with E-state index in [1.807, 2.05) is 12.1 Å². The molecule has 1 aliphatic rings. The molecular formula is C15H19BrN2O. The van der Waals surface area contributed by atoms with Gasteiger partial charge in [-0.1, -0.05) is 12.1 Å². The van der Waals surface area contributed by atoms with Crippen LogP contribution < -0.4 is 10.1 Å². The van der Waals surface area contributed by atoms with Crippen molar-refractivity contribution in [1.29, 1.82) is 5.26 Å². The van der Waals surface area contributed by atoms with Gasteiger partial charge in [-0.3, -0.25) is 0 Å². The first-order chi connectivity index (χ1) is 9.31. The van der Waals surface area contributed by atoms with Gasteiger partial charge in [-0.2, -0.15) is 5.26 Å². The highest BCUT2D eigenvalue weighted by atomic mass is 79.9. The molecule has 0 aliphatic heterocycles. The van der Waals surface area contributed by atoms with Crippen LogP contribution in [0.4, 0.5) is 0 Å². The van der Waals surface area contributed by atoms with E-state index in [9.17, 15) is 0 Å². The minimum atomic E-state index is 0.607. The van der Waals surface area contributed by atoms with E-state index in [0.29, 0.717) is 19.1 Å². The quantitative estimate of drug-likeness (QED) is 0.741. The zero-order chi connectivity index (χ0) is 13.5. The fraction of sp³-hybridized carbons (Fsp3) is 0.533. The number of hydrogen-bond acceptors (Lipinski definition) is 3. The first kappa shape index (κ1) is 14.4. The van der Waals surface area contributed by atoms with Crippen LogP contribution in [0.15, 0.2) is 22.7 Å². The molecule has 3 nitrogen and oxygen atoms in total. The third-order valence-electron chi connectivity index (χ3n) is 3.14. The van der Waals surface area contributed by atoms with Crippen molar-refractivity contribution in [3.05, 3.63) is 28.2 Å². The van der Waals surface area contributed by atoms with Crippen molar-refractivity contribution in [3.63, 3.8) is 0 Å². The summed E-state index contributed by atoms with van der Waals surface area (Å²) in [7, 11) is 0. The molecule has 0 radical (unpaired) electrons. The molecule has 0 heterocycles. The van der Waals surface area contributed by atoms with Gasteiger partial charge in [0.05, 0.1) is 17.1 Å². The first-order valence-corrected chi connectivity index (χ1v) is 7.61. The summed E-state index contributed by atoms with van der Waals surface area (Å²) in [4.78, 5) is 0. The zero-order valence-corrected chi connectivity index (χ0v) is 12.6. The molecule has 0 unspecified atom stereocenters. The van der Waals surface area contributed by atoms with Crippen LogP contribution in [-0.4, -0.2) is 12.6 Å². The third kappa shape index (κ3) is 4.85. The zero-order valence-electron chi connectivity index (χ0n) is 11.0. The lowest BCUT2D eigenvalue weighted by Crippen LogP contribution is -2.16. The van der Waals surface area contributed by atoms with Crippen molar-refractivity contribution < 1.29 is 4.74 Å². The van der Waals surface area contributed by atoms with Gasteiger partial charge in [0.25, 0.3) is 0 Å². The second-order valence-electron chi connectivity index (χ2n) is 4.85. The lowest BCUT2D eigenvalue weighted by Gasteiger charge is -2.13. The summed E-state index contributed by atoms with van der Waals surface area (Å²) in [5.41, 5.74) is 1.20. The van der Waals surface area contributed by atoms with E-state index in [2.05, 4.69) is 33.4 Å². The summed E-state index contributed by atoms with van der Waals surface area (Å²) in [5.74, 6) is 0.938. The first-order valence-electron chi connectivity index (χ1n) is 6.82. The van der Waals surface area contributed by atoms with Gasteiger partial charge >= 0.3 is 0 Å². The van der Waals surface area contributed by atoms with Gasteiger partial charge < -0.3 is 10.1 Å². The van der Waals surface area contributed by atoms with Gasteiger partial charge in [-0.05, 0) is 47.7 Å². The highest BCUT2D eigenvalue weighted by Gasteiger charge is 2.20. The fourth-order valence-electron chi connectivity index (χ4n) is 1.88. The van der Waals surface area contributed by atoms with Crippen molar-refractivity contribution in [2.45, 2.75) is 44.7 Å². The molecule has 0 spiro atoms. The molecule has 0 amide bonds. The number of halogens is 1. The molecule has 0 aromatic heterocycles. The molecule has 19 heavy (non-hydrogen) atoms. The Labute approximate surface area is 123 Å². The van der Waals surface area contributed by atoms with E-state index in [1.165, 1.54) is 18.4 Å². The van der Waals surface area contributed by atoms with Gasteiger partial charge in [-0.25, -0.2) is 0 Å². The Hall–Kier alpha value is -1.05. The predicted octanol–water partition coefficient (Wildman–Crippen LogP) is 3.77. The Morgan fingerprint density at radius 2 is 2.21 bits per heavy atom. The molecular weight excluding hydrogens is 304 g/mol. The van der Waals surface area contributed by atoms with E-state index in [1.54, 1.807) is 0 Å². The molecule has 2 rings (SSSR count). The fourth-order valence-corrected chi connectivity index (χ4v) is 2.40. The van der Waals surface area contributed by atoms with Crippen LogP contribution in [0.1, 0.15) is 37.7 Å². The van der Waals surface area contributed by atoms with Gasteiger partial charge in [0.2, 0.25) is 0 Å². The lowest BCUT2D eigenvalue weighted by molar-refractivity contribution is 0.302. The van der Waals surface area contributed by atoms with Crippen molar-refractivity contribution in [2.75, 3.05) is 6.61 Å². The molecule has 0 atom stereocenters. The average Bonchev–Trinajstić information content (AvgIpc) is 3.22. The minimum Gasteiger partial charge on any atom is -0.492 e. The number of nitriles is 1. The lowest BCUT2D eigenvalue weighted by atomic mass is 10.2. The largest absolute Gasteiger partial charge is 0.492 e. The second kappa shape index (κ2) is 7.52. The number of benzene rings is 1. The van der Waals surface area contributed by atoms with Crippen LogP contribution >= 0.6 is 15.9 Å². The monoisotopic (exact) mass is 322 g/mol. The highest BCUT2D eigenvalue weighted by Crippen LogP contribution is 2.30.